The summed E-state index contributed by atoms with van der Waals surface area (Å²) >= 11 is 0. The Hall–Kier alpha value is -1.26. The molecule has 0 heterocycles. The molecule has 0 atom stereocenters. The summed E-state index contributed by atoms with van der Waals surface area (Å²) in [5.74, 6) is -0.478. The van der Waals surface area contributed by atoms with Crippen LogP contribution in [0.3, 0.4) is 0 Å². The molecule has 3 N–H and O–H groups in total. The molecule has 0 aliphatic rings. The minimum absolute atomic E-state index is 0. The van der Waals surface area contributed by atoms with Crippen LogP contribution in [0.5, 0.6) is 0 Å². The van der Waals surface area contributed by atoms with Crippen molar-refractivity contribution in [2.24, 2.45) is 0 Å². The largest absolute Gasteiger partial charge is 1.00 e. The summed E-state index contributed by atoms with van der Waals surface area (Å²) in [6.45, 7) is 3.21. The molecule has 3 amide bonds. The summed E-state index contributed by atoms with van der Waals surface area (Å²) < 4.78 is 70.0. The van der Waals surface area contributed by atoms with Crippen molar-refractivity contribution in [3.05, 3.63) is 47.5 Å². The van der Waals surface area contributed by atoms with Gasteiger partial charge >= 0.3 is 65.1 Å². The summed E-state index contributed by atoms with van der Waals surface area (Å²) in [6.07, 6.45) is 2.28. The van der Waals surface area contributed by atoms with Crippen LogP contribution in [0.4, 0.5) is 16.2 Å². The van der Waals surface area contributed by atoms with E-state index in [4.69, 9.17) is 0 Å². The number of rotatable bonds is 7. The molecule has 0 aromatic heterocycles. The van der Waals surface area contributed by atoms with E-state index in [1.54, 1.807) is 6.92 Å². The second kappa shape index (κ2) is 13.7. The molecule has 34 heavy (non-hydrogen) atoms. The molecule has 0 saturated carbocycles. The molecule has 0 aliphatic carbocycles. The van der Waals surface area contributed by atoms with Gasteiger partial charge in [-0.1, -0.05) is 24.3 Å². The zero-order chi connectivity index (χ0) is 24.1. The summed E-state index contributed by atoms with van der Waals surface area (Å²) in [5, 5.41) is 7.17. The van der Waals surface area contributed by atoms with Gasteiger partial charge < -0.3 is 25.1 Å². The average Bonchev–Trinajstić information content (AvgIpc) is 2.65. The van der Waals surface area contributed by atoms with Crippen molar-refractivity contribution in [2.45, 2.75) is 23.6 Å². The molecule has 0 bridgehead atoms. The molecule has 2 aromatic carbocycles. The first-order valence-corrected chi connectivity index (χ1v) is 11.8. The molecule has 11 nitrogen and oxygen atoms in total. The summed E-state index contributed by atoms with van der Waals surface area (Å²) in [4.78, 5) is 21.5. The number of hydrogen-bond acceptors (Lipinski definition) is 8. The van der Waals surface area contributed by atoms with E-state index in [-0.39, 0.29) is 81.6 Å². The second-order valence-electron chi connectivity index (χ2n) is 6.41. The zero-order valence-corrected chi connectivity index (χ0v) is 24.5. The minimum atomic E-state index is -4.97. The number of hydrogen-bond donors (Lipinski definition) is 3. The number of carbonyl (C=O) groups excluding carboxylic acids is 2. The maximum atomic E-state index is 11.7. The fourth-order valence-electron chi connectivity index (χ4n) is 2.65. The van der Waals surface area contributed by atoms with Crippen molar-refractivity contribution in [1.29, 1.82) is 0 Å². The van der Waals surface area contributed by atoms with Crippen molar-refractivity contribution in [1.82, 2.24) is 5.32 Å². The van der Waals surface area contributed by atoms with Crippen molar-refractivity contribution < 1.29 is 94.6 Å². The van der Waals surface area contributed by atoms with Gasteiger partial charge in [0.1, 0.15) is 20.2 Å². The number of nitrogens with one attached hydrogen (secondary N) is 3. The number of urea groups is 1. The van der Waals surface area contributed by atoms with Gasteiger partial charge in [-0.3, -0.25) is 4.79 Å². The van der Waals surface area contributed by atoms with E-state index in [1.165, 1.54) is 31.2 Å². The summed E-state index contributed by atoms with van der Waals surface area (Å²) in [5.41, 5.74) is -0.0628. The van der Waals surface area contributed by atoms with E-state index in [0.29, 0.717) is 6.54 Å². The van der Waals surface area contributed by atoms with Gasteiger partial charge in [-0.05, 0) is 42.3 Å². The van der Waals surface area contributed by atoms with Crippen LogP contribution in [0.25, 0.3) is 12.2 Å². The number of benzene rings is 2. The first-order chi connectivity index (χ1) is 14.8. The van der Waals surface area contributed by atoms with Gasteiger partial charge in [0.15, 0.2) is 0 Å². The third kappa shape index (κ3) is 9.77. The second-order valence-corrected chi connectivity index (χ2v) is 9.11. The van der Waals surface area contributed by atoms with Crippen LogP contribution in [0.1, 0.15) is 25.0 Å². The Morgan fingerprint density at radius 1 is 0.824 bits per heavy atom. The van der Waals surface area contributed by atoms with Crippen LogP contribution in [-0.2, 0) is 25.0 Å². The summed E-state index contributed by atoms with van der Waals surface area (Å²) in [7, 11) is -9.91. The van der Waals surface area contributed by atoms with E-state index >= 15 is 0 Å². The monoisotopic (exact) mass is 527 g/mol. The number of anilines is 2. The van der Waals surface area contributed by atoms with Gasteiger partial charge in [-0.25, -0.2) is 21.6 Å². The minimum Gasteiger partial charge on any atom is -0.744 e. The maximum Gasteiger partial charge on any atom is 1.00 e. The van der Waals surface area contributed by atoms with Gasteiger partial charge in [-0.2, -0.15) is 0 Å². The number of amides is 3. The Morgan fingerprint density at radius 2 is 1.24 bits per heavy atom. The molecule has 0 saturated heterocycles. The van der Waals surface area contributed by atoms with Crippen molar-refractivity contribution >= 4 is 55.7 Å². The Morgan fingerprint density at radius 3 is 1.59 bits per heavy atom. The predicted octanol–water partition coefficient (Wildman–Crippen LogP) is -4.23. The summed E-state index contributed by atoms with van der Waals surface area (Å²) in [6, 6.07) is 6.49. The molecule has 0 spiro atoms. The maximum absolute atomic E-state index is 11.7. The molecule has 0 fully saturated rings. The van der Waals surface area contributed by atoms with Gasteiger partial charge in [0.2, 0.25) is 5.91 Å². The van der Waals surface area contributed by atoms with Crippen molar-refractivity contribution in [2.75, 3.05) is 17.2 Å². The molecular formula is C19H19N3Na2O8S2. The molecule has 0 unspecified atom stereocenters. The number of carbonyl (C=O) groups is 2. The quantitative estimate of drug-likeness (QED) is 0.184. The third-order valence-electron chi connectivity index (χ3n) is 3.92. The predicted molar refractivity (Wildman–Crippen MR) is 115 cm³/mol. The smallest absolute Gasteiger partial charge is 0.744 e. The fraction of sp³-hybridized carbons (Fsp3) is 0.158. The topological polar surface area (TPSA) is 185 Å². The first kappa shape index (κ1) is 32.7. The van der Waals surface area contributed by atoms with Crippen LogP contribution in [0, 0.1) is 0 Å². The molecular weight excluding hydrogens is 508 g/mol. The Kier molecular flexibility index (Phi) is 13.2. The first-order valence-electron chi connectivity index (χ1n) is 9.01. The fourth-order valence-corrected chi connectivity index (χ4v) is 4.04. The Balaban J connectivity index is 0.00000544. The van der Waals surface area contributed by atoms with Gasteiger partial charge in [-0.15, -0.1) is 0 Å². The molecule has 172 valence electrons. The standard InChI is InChI=1S/C19H21N3O8S2.2Na/c1-3-20-19(24)22-16-9-7-14(18(11-16)32(28,29)30)5-4-13-6-8-15(21-12(2)23)10-17(13)31(25,26)27;;/h4-11H,3H2,1-2H3,(H,21,23)(H2,20,22,24)(H,25,26,27)(H,28,29,30);;/q;2*+1/p-2/b5-4+;;. The molecule has 15 heteroatoms. The van der Waals surface area contributed by atoms with E-state index in [2.05, 4.69) is 16.0 Å². The molecule has 2 aromatic rings. The van der Waals surface area contributed by atoms with Crippen molar-refractivity contribution in [3.8, 4) is 0 Å². The van der Waals surface area contributed by atoms with E-state index in [1.807, 2.05) is 0 Å². The average molecular weight is 527 g/mol. The normalized spacial score (nSPS) is 11.2. The van der Waals surface area contributed by atoms with Crippen LogP contribution in [0.2, 0.25) is 0 Å². The zero-order valence-electron chi connectivity index (χ0n) is 18.9. The van der Waals surface area contributed by atoms with E-state index in [9.17, 15) is 35.5 Å². The Bertz CT molecular complexity index is 1300. The van der Waals surface area contributed by atoms with Crippen LogP contribution < -0.4 is 75.1 Å². The Labute approximate surface area is 241 Å². The van der Waals surface area contributed by atoms with Crippen LogP contribution in [0.15, 0.2) is 46.2 Å². The molecule has 0 radical (unpaired) electrons. The third-order valence-corrected chi connectivity index (χ3v) is 5.71. The van der Waals surface area contributed by atoms with Gasteiger partial charge in [0.05, 0.1) is 9.79 Å². The van der Waals surface area contributed by atoms with Crippen LogP contribution in [-0.4, -0.2) is 44.4 Å². The van der Waals surface area contributed by atoms with Crippen molar-refractivity contribution in [3.63, 3.8) is 0 Å². The van der Waals surface area contributed by atoms with E-state index < -0.39 is 42.0 Å². The van der Waals surface area contributed by atoms with Crippen LogP contribution >= 0.6 is 0 Å². The SMILES string of the molecule is CCNC(=O)Nc1ccc(/C=C/c2ccc(NC(C)=O)cc2S(=O)(=O)[O-])c(S(=O)(=O)[O-])c1.[Na+].[Na+]. The molecule has 2 rings (SSSR count). The van der Waals surface area contributed by atoms with E-state index in [0.717, 1.165) is 24.3 Å². The van der Waals surface area contributed by atoms with Gasteiger partial charge in [0, 0.05) is 24.8 Å². The van der Waals surface area contributed by atoms with Gasteiger partial charge in [0.25, 0.3) is 0 Å². The molecule has 0 aliphatic heterocycles.